The predicted molar refractivity (Wildman–Crippen MR) is 90.3 cm³/mol. The van der Waals surface area contributed by atoms with Crippen molar-refractivity contribution in [2.75, 3.05) is 19.1 Å². The lowest BCUT2D eigenvalue weighted by molar-refractivity contribution is -0.139. The normalized spacial score (nSPS) is 14.0. The smallest absolute Gasteiger partial charge is 0.355 e. The average molecular weight is 340 g/mol. The van der Waals surface area contributed by atoms with Crippen LogP contribution in [0.3, 0.4) is 0 Å². The number of carbonyl (C=O) groups is 2. The van der Waals surface area contributed by atoms with E-state index in [1.807, 2.05) is 0 Å². The minimum absolute atomic E-state index is 0.0580. The molecule has 8 heteroatoms. The molecule has 128 valence electrons. The molecule has 25 heavy (non-hydrogen) atoms. The molecule has 0 fully saturated rings. The molecule has 0 bridgehead atoms. The van der Waals surface area contributed by atoms with E-state index in [9.17, 15) is 9.59 Å². The molecule has 0 N–H and O–H groups in total. The van der Waals surface area contributed by atoms with Crippen LogP contribution in [0.15, 0.2) is 53.9 Å². The Hall–Kier alpha value is -3.42. The third-order valence-corrected chi connectivity index (χ3v) is 3.63. The number of methoxy groups -OCH3 is 2. The van der Waals surface area contributed by atoms with E-state index in [1.54, 1.807) is 48.5 Å². The minimum Gasteiger partial charge on any atom is -0.465 e. The Morgan fingerprint density at radius 2 is 1.72 bits per heavy atom. The van der Waals surface area contributed by atoms with Gasteiger partial charge < -0.3 is 14.4 Å². The topological polar surface area (TPSA) is 86.6 Å². The van der Waals surface area contributed by atoms with Gasteiger partial charge in [-0.3, -0.25) is 0 Å². The summed E-state index contributed by atoms with van der Waals surface area (Å²) in [6.07, 6.45) is 6.53. The van der Waals surface area contributed by atoms with Crippen molar-refractivity contribution >= 4 is 28.7 Å². The standard InChI is InChI=1S/C17H16N4O4/c1-20-18-13-8-7-11(10-14(13)19-20)21-9-5-4-6-12(16(22)24-2)15(21)17(23)25-3/h4-10H,1-3H3. The number of esters is 2. The van der Waals surface area contributed by atoms with E-state index in [0.717, 1.165) is 5.52 Å². The van der Waals surface area contributed by atoms with Crippen molar-refractivity contribution in [1.82, 2.24) is 15.0 Å². The summed E-state index contributed by atoms with van der Waals surface area (Å²) in [5.74, 6) is -1.29. The first-order valence-corrected chi connectivity index (χ1v) is 7.41. The van der Waals surface area contributed by atoms with E-state index >= 15 is 0 Å². The van der Waals surface area contributed by atoms with Crippen molar-refractivity contribution in [3.63, 3.8) is 0 Å². The third kappa shape index (κ3) is 3.01. The molecule has 0 saturated carbocycles. The Morgan fingerprint density at radius 1 is 1.00 bits per heavy atom. The molecule has 0 atom stereocenters. The fourth-order valence-corrected chi connectivity index (χ4v) is 2.53. The molecule has 2 aromatic rings. The number of nitrogens with zero attached hydrogens (tertiary/aromatic N) is 4. The Labute approximate surface area is 143 Å². The number of ether oxygens (including phenoxy) is 2. The van der Waals surface area contributed by atoms with Crippen LogP contribution in [0, 0.1) is 0 Å². The van der Waals surface area contributed by atoms with Gasteiger partial charge in [-0.2, -0.15) is 15.0 Å². The number of benzene rings is 1. The van der Waals surface area contributed by atoms with Gasteiger partial charge in [0.25, 0.3) is 0 Å². The second kappa shape index (κ2) is 6.60. The number of rotatable bonds is 3. The first-order valence-electron chi connectivity index (χ1n) is 7.41. The Bertz CT molecular complexity index is 939. The fraction of sp³-hybridized carbons (Fsp3) is 0.176. The maximum atomic E-state index is 12.4. The Balaban J connectivity index is 2.18. The minimum atomic E-state index is -0.657. The highest BCUT2D eigenvalue weighted by atomic mass is 16.5. The maximum Gasteiger partial charge on any atom is 0.355 e. The summed E-state index contributed by atoms with van der Waals surface area (Å²) >= 11 is 0. The number of fused-ring (bicyclic) bond motifs is 1. The van der Waals surface area contributed by atoms with E-state index in [4.69, 9.17) is 9.47 Å². The van der Waals surface area contributed by atoms with Crippen LogP contribution < -0.4 is 4.90 Å². The van der Waals surface area contributed by atoms with Crippen molar-refractivity contribution in [1.29, 1.82) is 0 Å². The number of hydrogen-bond acceptors (Lipinski definition) is 7. The van der Waals surface area contributed by atoms with Crippen LogP contribution >= 0.6 is 0 Å². The molecule has 1 aliphatic heterocycles. The average Bonchev–Trinajstić information content (AvgIpc) is 2.85. The molecule has 1 aliphatic rings. The lowest BCUT2D eigenvalue weighted by Gasteiger charge is -2.22. The zero-order chi connectivity index (χ0) is 18.0. The zero-order valence-electron chi connectivity index (χ0n) is 14.0. The van der Waals surface area contributed by atoms with Crippen LogP contribution in [0.1, 0.15) is 0 Å². The highest BCUT2D eigenvalue weighted by Gasteiger charge is 2.27. The lowest BCUT2D eigenvalue weighted by Crippen LogP contribution is -2.26. The van der Waals surface area contributed by atoms with Crippen LogP contribution in [0.4, 0.5) is 5.69 Å². The van der Waals surface area contributed by atoms with Gasteiger partial charge in [0.1, 0.15) is 16.7 Å². The highest BCUT2D eigenvalue weighted by molar-refractivity contribution is 6.05. The summed E-state index contributed by atoms with van der Waals surface area (Å²) in [7, 11) is 4.24. The number of allylic oxidation sites excluding steroid dienone is 2. The molecule has 3 rings (SSSR count). The SMILES string of the molecule is COC(=O)C1=C(C(=O)OC)N(c2ccc3nn(C)nc3c2)C=CC=C1. The molecule has 2 heterocycles. The number of aryl methyl sites for hydroxylation is 1. The molecule has 0 saturated heterocycles. The molecule has 8 nitrogen and oxygen atoms in total. The van der Waals surface area contributed by atoms with E-state index in [1.165, 1.54) is 25.1 Å². The quantitative estimate of drug-likeness (QED) is 0.782. The molecule has 0 unspecified atom stereocenters. The molecule has 0 spiro atoms. The van der Waals surface area contributed by atoms with Crippen molar-refractivity contribution in [2.45, 2.75) is 0 Å². The van der Waals surface area contributed by atoms with E-state index in [2.05, 4.69) is 10.2 Å². The van der Waals surface area contributed by atoms with Crippen LogP contribution in [0.25, 0.3) is 11.0 Å². The first-order chi connectivity index (χ1) is 12.0. The van der Waals surface area contributed by atoms with Gasteiger partial charge in [0.15, 0.2) is 0 Å². The van der Waals surface area contributed by atoms with Gasteiger partial charge in [-0.25, -0.2) is 9.59 Å². The summed E-state index contributed by atoms with van der Waals surface area (Å²) in [5, 5.41) is 8.49. The third-order valence-electron chi connectivity index (χ3n) is 3.63. The number of hydrogen-bond donors (Lipinski definition) is 0. The second-order valence-electron chi connectivity index (χ2n) is 5.18. The van der Waals surface area contributed by atoms with Crippen molar-refractivity contribution < 1.29 is 19.1 Å². The summed E-state index contributed by atoms with van der Waals surface area (Å²) in [6, 6.07) is 5.34. The van der Waals surface area contributed by atoms with E-state index < -0.39 is 11.9 Å². The van der Waals surface area contributed by atoms with Crippen LogP contribution in [-0.2, 0) is 26.1 Å². The van der Waals surface area contributed by atoms with Crippen molar-refractivity contribution in [2.24, 2.45) is 7.05 Å². The molecule has 1 aromatic heterocycles. The van der Waals surface area contributed by atoms with Crippen LogP contribution in [0.2, 0.25) is 0 Å². The lowest BCUT2D eigenvalue weighted by atomic mass is 10.1. The van der Waals surface area contributed by atoms with Crippen LogP contribution in [-0.4, -0.2) is 41.2 Å². The molecule has 0 amide bonds. The summed E-state index contributed by atoms with van der Waals surface area (Å²) in [6.45, 7) is 0. The molecular formula is C17H16N4O4. The van der Waals surface area contributed by atoms with Gasteiger partial charge in [-0.1, -0.05) is 6.08 Å². The number of carbonyl (C=O) groups excluding carboxylic acids is 2. The van der Waals surface area contributed by atoms with Gasteiger partial charge in [-0.15, -0.1) is 0 Å². The van der Waals surface area contributed by atoms with Crippen molar-refractivity contribution in [3.05, 3.63) is 53.9 Å². The van der Waals surface area contributed by atoms with Gasteiger partial charge >= 0.3 is 11.9 Å². The summed E-state index contributed by atoms with van der Waals surface area (Å²) in [5.41, 5.74) is 2.17. The van der Waals surface area contributed by atoms with Crippen LogP contribution in [0.5, 0.6) is 0 Å². The molecular weight excluding hydrogens is 324 g/mol. The van der Waals surface area contributed by atoms with E-state index in [0.29, 0.717) is 11.2 Å². The van der Waals surface area contributed by atoms with Gasteiger partial charge in [0.2, 0.25) is 0 Å². The Kier molecular flexibility index (Phi) is 4.34. The second-order valence-corrected chi connectivity index (χ2v) is 5.18. The van der Waals surface area contributed by atoms with Crippen molar-refractivity contribution in [3.8, 4) is 0 Å². The maximum absolute atomic E-state index is 12.4. The monoisotopic (exact) mass is 340 g/mol. The molecule has 0 radical (unpaired) electrons. The zero-order valence-corrected chi connectivity index (χ0v) is 14.0. The first kappa shape index (κ1) is 16.4. The largest absolute Gasteiger partial charge is 0.465 e. The van der Waals surface area contributed by atoms with Gasteiger partial charge in [-0.05, 0) is 30.4 Å². The van der Waals surface area contributed by atoms with Gasteiger partial charge in [0.05, 0.1) is 19.8 Å². The fourth-order valence-electron chi connectivity index (χ4n) is 2.53. The Morgan fingerprint density at radius 3 is 2.44 bits per heavy atom. The molecule has 0 aliphatic carbocycles. The van der Waals surface area contributed by atoms with E-state index in [-0.39, 0.29) is 11.3 Å². The number of anilines is 1. The molecule has 1 aromatic carbocycles. The number of aromatic nitrogens is 3. The summed E-state index contributed by atoms with van der Waals surface area (Å²) < 4.78 is 9.66. The highest BCUT2D eigenvalue weighted by Crippen LogP contribution is 2.28. The predicted octanol–water partition coefficient (Wildman–Crippen LogP) is 1.46. The summed E-state index contributed by atoms with van der Waals surface area (Å²) in [4.78, 5) is 27.5. The van der Waals surface area contributed by atoms with Gasteiger partial charge in [0, 0.05) is 18.9 Å².